The zero-order valence-corrected chi connectivity index (χ0v) is 46.1. The Bertz CT molecular complexity index is 4330. The molecule has 4 nitrogen and oxygen atoms in total. The number of anilines is 6. The van der Waals surface area contributed by atoms with Crippen LogP contribution in [-0.4, -0.2) is 22.6 Å². The molecular formula is C70H64B2N4. The summed E-state index contributed by atoms with van der Waals surface area (Å²) in [6.45, 7) is 28.0. The molecule has 0 spiro atoms. The Labute approximate surface area is 448 Å². The van der Waals surface area contributed by atoms with E-state index in [0.29, 0.717) is 0 Å². The van der Waals surface area contributed by atoms with Gasteiger partial charge in [0.2, 0.25) is 0 Å². The molecular weight excluding hydrogens is 918 g/mol. The lowest BCUT2D eigenvalue weighted by Gasteiger charge is -2.40. The number of nitrogens with zero attached hydrogens (tertiary/aromatic N) is 4. The molecule has 6 heteroatoms. The molecule has 0 amide bonds. The second-order valence-corrected chi connectivity index (χ2v) is 26.6. The van der Waals surface area contributed by atoms with Gasteiger partial charge < -0.3 is 18.9 Å². The van der Waals surface area contributed by atoms with Gasteiger partial charge in [-0.1, -0.05) is 186 Å². The molecule has 0 saturated heterocycles. The van der Waals surface area contributed by atoms with Crippen LogP contribution in [0.2, 0.25) is 0 Å². The molecule has 15 rings (SSSR count). The van der Waals surface area contributed by atoms with Gasteiger partial charge in [-0.2, -0.15) is 0 Å². The molecule has 2 aromatic heterocycles. The molecule has 370 valence electrons. The molecule has 0 saturated carbocycles. The lowest BCUT2D eigenvalue weighted by Crippen LogP contribution is -2.60. The first-order valence-corrected chi connectivity index (χ1v) is 27.7. The first-order chi connectivity index (χ1) is 36.3. The minimum Gasteiger partial charge on any atom is -0.311 e. The fraction of sp³-hybridized carbons (Fsp3) is 0.229. The van der Waals surface area contributed by atoms with E-state index < -0.39 is 0 Å². The molecule has 0 bridgehead atoms. The van der Waals surface area contributed by atoms with Crippen molar-refractivity contribution < 1.29 is 0 Å². The van der Waals surface area contributed by atoms with E-state index in [-0.39, 0.29) is 35.1 Å². The summed E-state index contributed by atoms with van der Waals surface area (Å²) in [5.41, 5.74) is 28.7. The summed E-state index contributed by atoms with van der Waals surface area (Å²) >= 11 is 0. The molecule has 0 radical (unpaired) electrons. The summed E-state index contributed by atoms with van der Waals surface area (Å²) in [4.78, 5) is 5.13. The van der Waals surface area contributed by atoms with E-state index in [0.717, 1.165) is 0 Å². The molecule has 9 aromatic carbocycles. The number of hydrogen-bond acceptors (Lipinski definition) is 2. The highest BCUT2D eigenvalue weighted by Crippen LogP contribution is 2.49. The number of rotatable bonds is 2. The molecule has 4 aliphatic rings. The van der Waals surface area contributed by atoms with Gasteiger partial charge >= 0.3 is 0 Å². The van der Waals surface area contributed by atoms with E-state index in [2.05, 4.69) is 272 Å². The maximum atomic E-state index is 2.69. The summed E-state index contributed by atoms with van der Waals surface area (Å²) in [6.07, 6.45) is 0. The lowest BCUT2D eigenvalue weighted by atomic mass is 9.33. The highest BCUT2D eigenvalue weighted by molar-refractivity contribution is 7.01. The van der Waals surface area contributed by atoms with Crippen LogP contribution in [0.25, 0.3) is 55.0 Å². The number of aromatic nitrogens is 2. The van der Waals surface area contributed by atoms with Crippen LogP contribution in [-0.2, 0) is 21.7 Å². The molecule has 0 fully saturated rings. The van der Waals surface area contributed by atoms with Crippen molar-refractivity contribution in [2.24, 2.45) is 0 Å². The van der Waals surface area contributed by atoms with Crippen LogP contribution >= 0.6 is 0 Å². The molecule has 0 N–H and O–H groups in total. The van der Waals surface area contributed by atoms with Crippen LogP contribution in [0.1, 0.15) is 105 Å². The van der Waals surface area contributed by atoms with Gasteiger partial charge in [-0.15, -0.1) is 0 Å². The quantitative estimate of drug-likeness (QED) is 0.161. The number of benzene rings is 9. The third kappa shape index (κ3) is 6.10. The van der Waals surface area contributed by atoms with Gasteiger partial charge in [-0.3, -0.25) is 0 Å². The monoisotopic (exact) mass is 983 g/mol. The van der Waals surface area contributed by atoms with Crippen molar-refractivity contribution in [1.82, 2.24) is 9.13 Å². The van der Waals surface area contributed by atoms with Crippen molar-refractivity contribution in [2.45, 2.75) is 105 Å². The Kier molecular flexibility index (Phi) is 9.04. The highest BCUT2D eigenvalue weighted by atomic mass is 15.2. The molecule has 11 aromatic rings. The third-order valence-corrected chi connectivity index (χ3v) is 17.9. The standard InChI is InChI=1S/C70H64B2N4/c1-67(2,3)41-21-27-45(28-22-41)73-57-35-26-44(70(10,11)12)40-53(57)72-51-18-14-16-20-55(51)76-64-47(48-32-37-59(73)62(72)65(48)76)31-36-58-61(64)49-33-38-60-63-66(49)75(58)54-19-15-13-17-50(54)71(63)52-39-43(69(7,8)9)25-34-56(52)74(60)46-29-23-42(24-30-46)68(4,5)6/h13-40H,1-12H3. The third-order valence-electron chi connectivity index (χ3n) is 17.9. The van der Waals surface area contributed by atoms with Gasteiger partial charge in [-0.25, -0.2) is 0 Å². The van der Waals surface area contributed by atoms with Crippen molar-refractivity contribution in [2.75, 3.05) is 9.80 Å². The second-order valence-electron chi connectivity index (χ2n) is 26.6. The predicted molar refractivity (Wildman–Crippen MR) is 329 cm³/mol. The van der Waals surface area contributed by atoms with Crippen LogP contribution in [0.15, 0.2) is 170 Å². The topological polar surface area (TPSA) is 16.3 Å². The number of para-hydroxylation sites is 2. The largest absolute Gasteiger partial charge is 0.311 e. The van der Waals surface area contributed by atoms with Crippen LogP contribution in [0.5, 0.6) is 0 Å². The zero-order chi connectivity index (χ0) is 52.3. The highest BCUT2D eigenvalue weighted by Gasteiger charge is 2.45. The minimum atomic E-state index is -0.0209. The van der Waals surface area contributed by atoms with Crippen molar-refractivity contribution in [3.8, 4) is 11.4 Å². The fourth-order valence-corrected chi connectivity index (χ4v) is 14.0. The van der Waals surface area contributed by atoms with E-state index in [9.17, 15) is 0 Å². The van der Waals surface area contributed by atoms with E-state index >= 15 is 0 Å². The van der Waals surface area contributed by atoms with Gasteiger partial charge in [0.25, 0.3) is 13.4 Å². The Morgan fingerprint density at radius 2 is 0.684 bits per heavy atom. The van der Waals surface area contributed by atoms with Crippen molar-refractivity contribution in [1.29, 1.82) is 0 Å². The van der Waals surface area contributed by atoms with Crippen LogP contribution < -0.4 is 42.6 Å². The Morgan fingerprint density at radius 1 is 0.303 bits per heavy atom. The SMILES string of the molecule is CC(C)(C)c1ccc(N2c3ccc(C(C)(C)C)cc3B3c4ccccc4-n4c5ccc6c7ccc8c9c7n(c6c5c5ccc2c3c54)-c2ccccc2B9c2cc(C(C)(C)C)ccc2N8c2ccc(C(C)(C)C)cc2)cc1. The van der Waals surface area contributed by atoms with E-state index in [4.69, 9.17) is 0 Å². The summed E-state index contributed by atoms with van der Waals surface area (Å²) in [5.74, 6) is 0. The van der Waals surface area contributed by atoms with Crippen LogP contribution in [0, 0.1) is 0 Å². The Morgan fingerprint density at radius 3 is 1.16 bits per heavy atom. The molecule has 0 atom stereocenters. The molecule has 6 heterocycles. The van der Waals surface area contributed by atoms with E-state index in [1.165, 1.54) is 144 Å². The van der Waals surface area contributed by atoms with Gasteiger partial charge in [0.15, 0.2) is 0 Å². The van der Waals surface area contributed by atoms with Gasteiger partial charge in [0.1, 0.15) is 0 Å². The van der Waals surface area contributed by atoms with E-state index in [1.807, 2.05) is 0 Å². The van der Waals surface area contributed by atoms with Gasteiger partial charge in [0.05, 0.1) is 22.1 Å². The predicted octanol–water partition coefficient (Wildman–Crippen LogP) is 14.3. The minimum absolute atomic E-state index is 0.0191. The first-order valence-electron chi connectivity index (χ1n) is 27.7. The maximum absolute atomic E-state index is 2.69. The van der Waals surface area contributed by atoms with Crippen molar-refractivity contribution in [3.05, 3.63) is 192 Å². The normalized spacial score (nSPS) is 14.5. The average molecular weight is 983 g/mol. The van der Waals surface area contributed by atoms with Gasteiger partial charge in [-0.05, 0) is 143 Å². The summed E-state index contributed by atoms with van der Waals surface area (Å²) in [7, 11) is 0. The lowest BCUT2D eigenvalue weighted by molar-refractivity contribution is 0.590. The molecule has 4 aliphatic heterocycles. The molecule has 76 heavy (non-hydrogen) atoms. The smallest absolute Gasteiger partial charge is 0.252 e. The summed E-state index contributed by atoms with van der Waals surface area (Å²) < 4.78 is 5.33. The van der Waals surface area contributed by atoms with Crippen molar-refractivity contribution >= 4 is 124 Å². The summed E-state index contributed by atoms with van der Waals surface area (Å²) in [5, 5.41) is 5.19. The van der Waals surface area contributed by atoms with Crippen molar-refractivity contribution in [3.63, 3.8) is 0 Å². The first kappa shape index (κ1) is 45.7. The summed E-state index contributed by atoms with van der Waals surface area (Å²) in [6, 6.07) is 66.7. The molecule has 0 aliphatic carbocycles. The Balaban J connectivity index is 1.06. The number of hydrogen-bond donors (Lipinski definition) is 0. The zero-order valence-electron chi connectivity index (χ0n) is 46.1. The average Bonchev–Trinajstić information content (AvgIpc) is 3.99. The van der Waals surface area contributed by atoms with Crippen LogP contribution in [0.3, 0.4) is 0 Å². The van der Waals surface area contributed by atoms with E-state index in [1.54, 1.807) is 0 Å². The molecule has 0 unspecified atom stereocenters. The Hall–Kier alpha value is -7.69. The number of fused-ring (bicyclic) bond motifs is 17. The fourth-order valence-electron chi connectivity index (χ4n) is 14.0. The van der Waals surface area contributed by atoms with Gasteiger partial charge in [0, 0.05) is 67.0 Å². The maximum Gasteiger partial charge on any atom is 0.252 e. The van der Waals surface area contributed by atoms with Crippen LogP contribution in [0.4, 0.5) is 34.1 Å². The second kappa shape index (κ2) is 15.0.